The third-order valence-electron chi connectivity index (χ3n) is 1.03. The summed E-state index contributed by atoms with van der Waals surface area (Å²) in [7, 11) is 0. The first-order valence-corrected chi connectivity index (χ1v) is 4.33. The summed E-state index contributed by atoms with van der Waals surface area (Å²) in [5.41, 5.74) is 5.54. The maximum atomic E-state index is 5.54. The summed E-state index contributed by atoms with van der Waals surface area (Å²) in [6.07, 6.45) is 0. The first-order valence-electron chi connectivity index (χ1n) is 3.34. The third-order valence-corrected chi connectivity index (χ3v) is 2.21. The van der Waals surface area contributed by atoms with E-state index in [1.807, 2.05) is 6.92 Å². The second kappa shape index (κ2) is 3.83. The minimum Gasteiger partial charge on any atom is -0.471 e. The summed E-state index contributed by atoms with van der Waals surface area (Å²) in [5.74, 6) is 0.888. The van der Waals surface area contributed by atoms with Crippen molar-refractivity contribution in [1.82, 2.24) is 0 Å². The molecule has 2 N–H and O–H groups in total. The zero-order chi connectivity index (χ0) is 7.40. The Kier molecular flexibility index (Phi) is 3.02. The fourth-order valence-electron chi connectivity index (χ4n) is 0.606. The Morgan fingerprint density at radius 2 is 2.70 bits per heavy atom. The molecule has 4 heteroatoms. The summed E-state index contributed by atoms with van der Waals surface area (Å²) < 4.78 is 5.16. The molecule has 1 rings (SSSR count). The third kappa shape index (κ3) is 2.58. The molecule has 10 heavy (non-hydrogen) atoms. The van der Waals surface area contributed by atoms with E-state index in [1.165, 1.54) is 0 Å². The Morgan fingerprint density at radius 3 is 3.20 bits per heavy atom. The molecule has 0 spiro atoms. The molecule has 0 saturated heterocycles. The standard InChI is InChI=1S/C6H12N2OS/c1-5(7)4-10-6-8-2-3-9-6/h5H,2-4,7H2,1H3. The van der Waals surface area contributed by atoms with Gasteiger partial charge in [0, 0.05) is 11.8 Å². The molecule has 0 bridgehead atoms. The van der Waals surface area contributed by atoms with Crippen molar-refractivity contribution in [3.05, 3.63) is 0 Å². The Balaban J connectivity index is 2.13. The van der Waals surface area contributed by atoms with Crippen molar-refractivity contribution in [2.45, 2.75) is 13.0 Å². The Morgan fingerprint density at radius 1 is 1.90 bits per heavy atom. The highest BCUT2D eigenvalue weighted by molar-refractivity contribution is 8.13. The largest absolute Gasteiger partial charge is 0.471 e. The molecule has 1 heterocycles. The Hall–Kier alpha value is -0.220. The van der Waals surface area contributed by atoms with Crippen molar-refractivity contribution in [2.24, 2.45) is 10.7 Å². The van der Waals surface area contributed by atoms with Crippen LogP contribution in [-0.2, 0) is 4.74 Å². The van der Waals surface area contributed by atoms with E-state index in [0.717, 1.165) is 24.1 Å². The highest BCUT2D eigenvalue weighted by atomic mass is 32.2. The maximum absolute atomic E-state index is 5.54. The summed E-state index contributed by atoms with van der Waals surface area (Å²) in [6, 6.07) is 0.219. The van der Waals surface area contributed by atoms with Gasteiger partial charge in [0.1, 0.15) is 6.61 Å². The minimum absolute atomic E-state index is 0.219. The van der Waals surface area contributed by atoms with Gasteiger partial charge in [-0.15, -0.1) is 0 Å². The molecule has 3 nitrogen and oxygen atoms in total. The lowest BCUT2D eigenvalue weighted by Crippen LogP contribution is -2.18. The van der Waals surface area contributed by atoms with E-state index >= 15 is 0 Å². The van der Waals surface area contributed by atoms with Crippen LogP contribution in [0.25, 0.3) is 0 Å². The van der Waals surface area contributed by atoms with Crippen molar-refractivity contribution in [2.75, 3.05) is 18.9 Å². The van der Waals surface area contributed by atoms with Crippen molar-refractivity contribution >= 4 is 17.0 Å². The molecule has 1 aliphatic rings. The van der Waals surface area contributed by atoms with Gasteiger partial charge in [-0.3, -0.25) is 0 Å². The van der Waals surface area contributed by atoms with Crippen LogP contribution in [0.5, 0.6) is 0 Å². The average Bonchev–Trinajstić information content (AvgIpc) is 2.34. The van der Waals surface area contributed by atoms with Gasteiger partial charge in [-0.2, -0.15) is 0 Å². The number of hydrogen-bond donors (Lipinski definition) is 1. The lowest BCUT2D eigenvalue weighted by atomic mass is 10.4. The molecule has 1 atom stereocenters. The second-order valence-electron chi connectivity index (χ2n) is 2.28. The summed E-state index contributed by atoms with van der Waals surface area (Å²) >= 11 is 1.59. The Labute approximate surface area is 65.0 Å². The van der Waals surface area contributed by atoms with Crippen LogP contribution in [0.15, 0.2) is 4.99 Å². The zero-order valence-corrected chi connectivity index (χ0v) is 6.86. The molecule has 0 aromatic carbocycles. The van der Waals surface area contributed by atoms with E-state index in [4.69, 9.17) is 10.5 Å². The van der Waals surface area contributed by atoms with Crippen molar-refractivity contribution in [3.63, 3.8) is 0 Å². The van der Waals surface area contributed by atoms with E-state index in [0.29, 0.717) is 0 Å². The van der Waals surface area contributed by atoms with Gasteiger partial charge in [0.15, 0.2) is 0 Å². The van der Waals surface area contributed by atoms with Crippen LogP contribution in [0, 0.1) is 0 Å². The molecule has 0 aromatic heterocycles. The highest BCUT2D eigenvalue weighted by Gasteiger charge is 2.07. The highest BCUT2D eigenvalue weighted by Crippen LogP contribution is 2.10. The average molecular weight is 160 g/mol. The van der Waals surface area contributed by atoms with Crippen LogP contribution in [-0.4, -0.2) is 30.2 Å². The van der Waals surface area contributed by atoms with Crippen molar-refractivity contribution in [1.29, 1.82) is 0 Å². The van der Waals surface area contributed by atoms with Crippen LogP contribution in [0.4, 0.5) is 0 Å². The number of nitrogens with two attached hydrogens (primary N) is 1. The monoisotopic (exact) mass is 160 g/mol. The van der Waals surface area contributed by atoms with Gasteiger partial charge in [0.05, 0.1) is 6.54 Å². The lowest BCUT2D eigenvalue weighted by molar-refractivity contribution is 0.356. The molecule has 0 saturated carbocycles. The molecule has 1 aliphatic heterocycles. The molecule has 0 amide bonds. The van der Waals surface area contributed by atoms with Crippen LogP contribution in [0.2, 0.25) is 0 Å². The number of hydrogen-bond acceptors (Lipinski definition) is 4. The van der Waals surface area contributed by atoms with E-state index in [-0.39, 0.29) is 6.04 Å². The number of thioether (sulfide) groups is 1. The summed E-state index contributed by atoms with van der Waals surface area (Å²) in [4.78, 5) is 4.11. The fourth-order valence-corrected chi connectivity index (χ4v) is 1.36. The number of ether oxygens (including phenoxy) is 1. The topological polar surface area (TPSA) is 47.6 Å². The molecule has 0 aromatic rings. The first-order chi connectivity index (χ1) is 4.79. The number of rotatable bonds is 2. The van der Waals surface area contributed by atoms with Crippen LogP contribution >= 0.6 is 11.8 Å². The SMILES string of the molecule is CC(N)CSC1=NCCO1. The normalized spacial score (nSPS) is 20.0. The number of nitrogens with zero attached hydrogens (tertiary/aromatic N) is 1. The number of aliphatic imine (C=N–C) groups is 1. The van der Waals surface area contributed by atoms with Gasteiger partial charge in [-0.05, 0) is 6.92 Å². The van der Waals surface area contributed by atoms with Crippen LogP contribution in [0.1, 0.15) is 6.92 Å². The maximum Gasteiger partial charge on any atom is 0.246 e. The Bertz CT molecular complexity index is 136. The fraction of sp³-hybridized carbons (Fsp3) is 0.833. The van der Waals surface area contributed by atoms with E-state index in [1.54, 1.807) is 11.8 Å². The predicted molar refractivity (Wildman–Crippen MR) is 44.4 cm³/mol. The van der Waals surface area contributed by atoms with E-state index in [9.17, 15) is 0 Å². The molecule has 0 aliphatic carbocycles. The van der Waals surface area contributed by atoms with Crippen LogP contribution in [0.3, 0.4) is 0 Å². The molecule has 1 unspecified atom stereocenters. The predicted octanol–water partition coefficient (Wildman–Crippen LogP) is 0.453. The van der Waals surface area contributed by atoms with Gasteiger partial charge in [0.25, 0.3) is 0 Å². The molecular formula is C6H12N2OS. The van der Waals surface area contributed by atoms with Gasteiger partial charge in [0.2, 0.25) is 5.23 Å². The molecule has 58 valence electrons. The van der Waals surface area contributed by atoms with Gasteiger partial charge in [-0.25, -0.2) is 4.99 Å². The van der Waals surface area contributed by atoms with Gasteiger partial charge >= 0.3 is 0 Å². The first kappa shape index (κ1) is 7.88. The van der Waals surface area contributed by atoms with E-state index < -0.39 is 0 Å². The molecule has 0 fully saturated rings. The second-order valence-corrected chi connectivity index (χ2v) is 3.26. The summed E-state index contributed by atoms with van der Waals surface area (Å²) in [6.45, 7) is 3.52. The lowest BCUT2D eigenvalue weighted by Gasteiger charge is -2.02. The molecule has 0 radical (unpaired) electrons. The quantitative estimate of drug-likeness (QED) is 0.638. The van der Waals surface area contributed by atoms with Gasteiger partial charge < -0.3 is 10.5 Å². The molecular weight excluding hydrogens is 148 g/mol. The zero-order valence-electron chi connectivity index (χ0n) is 6.04. The summed E-state index contributed by atoms with van der Waals surface area (Å²) in [5, 5.41) is 0.803. The van der Waals surface area contributed by atoms with Crippen molar-refractivity contribution < 1.29 is 4.74 Å². The minimum atomic E-state index is 0.219. The van der Waals surface area contributed by atoms with E-state index in [2.05, 4.69) is 4.99 Å². The van der Waals surface area contributed by atoms with Crippen LogP contribution < -0.4 is 5.73 Å². The smallest absolute Gasteiger partial charge is 0.246 e. The van der Waals surface area contributed by atoms with Gasteiger partial charge in [-0.1, -0.05) is 11.8 Å². The van der Waals surface area contributed by atoms with Crippen molar-refractivity contribution in [3.8, 4) is 0 Å².